The normalized spacial score (nSPS) is 11.5. The number of carbonyl (C=O) groups excluding carboxylic acids is 1. The molecule has 1 amide bonds. The number of aryl methyl sites for hydroxylation is 1. The average Bonchev–Trinajstić information content (AvgIpc) is 3.00. The maximum atomic E-state index is 12.5. The molecule has 0 bridgehead atoms. The fourth-order valence-electron chi connectivity index (χ4n) is 2.46. The molecule has 0 atom stereocenters. The summed E-state index contributed by atoms with van der Waals surface area (Å²) in [5, 5.41) is 21.2. The third kappa shape index (κ3) is 4.93. The Labute approximate surface area is 170 Å². The van der Waals surface area contributed by atoms with E-state index in [0.717, 1.165) is 30.3 Å². The van der Waals surface area contributed by atoms with Crippen molar-refractivity contribution in [2.45, 2.75) is 41.5 Å². The van der Waals surface area contributed by atoms with Crippen LogP contribution in [0, 0.1) is 23.7 Å². The van der Waals surface area contributed by atoms with E-state index in [4.69, 9.17) is 0 Å². The number of rotatable bonds is 6. The van der Waals surface area contributed by atoms with Gasteiger partial charge in [-0.3, -0.25) is 4.79 Å². The minimum atomic E-state index is -0.539. The Morgan fingerprint density at radius 2 is 1.96 bits per heavy atom. The molecule has 1 aromatic heterocycles. The number of nitrogens with zero attached hydrogens (tertiary/aromatic N) is 5. The quantitative estimate of drug-likeness (QED) is 0.644. The monoisotopic (exact) mass is 398 g/mol. The summed E-state index contributed by atoms with van der Waals surface area (Å²) in [5.41, 5.74) is 2.65. The zero-order chi connectivity index (χ0) is 20.9. The van der Waals surface area contributed by atoms with E-state index in [-0.39, 0.29) is 5.91 Å². The smallest absolute Gasteiger partial charge is 0.229 e. The van der Waals surface area contributed by atoms with Crippen LogP contribution >= 0.6 is 11.5 Å². The van der Waals surface area contributed by atoms with Crippen LogP contribution in [0.4, 0.5) is 22.1 Å². The molecule has 0 aliphatic carbocycles. The predicted octanol–water partition coefficient (Wildman–Crippen LogP) is 5.57. The van der Waals surface area contributed by atoms with Crippen molar-refractivity contribution < 1.29 is 4.79 Å². The third-order valence-electron chi connectivity index (χ3n) is 4.24. The molecular weight excluding hydrogens is 372 g/mol. The van der Waals surface area contributed by atoms with Gasteiger partial charge in [-0.2, -0.15) is 9.64 Å². The second-order valence-electron chi connectivity index (χ2n) is 7.34. The van der Waals surface area contributed by atoms with Gasteiger partial charge in [-0.05, 0) is 50.5 Å². The van der Waals surface area contributed by atoms with Crippen molar-refractivity contribution in [2.75, 3.05) is 23.3 Å². The number of benzene rings is 1. The first kappa shape index (κ1) is 21.5. The van der Waals surface area contributed by atoms with Gasteiger partial charge in [0.25, 0.3) is 0 Å². The highest BCUT2D eigenvalue weighted by molar-refractivity contribution is 7.10. The van der Waals surface area contributed by atoms with Crippen LogP contribution in [0.15, 0.2) is 28.4 Å². The van der Waals surface area contributed by atoms with Gasteiger partial charge in [0, 0.05) is 24.2 Å². The van der Waals surface area contributed by atoms with Crippen molar-refractivity contribution in [3.63, 3.8) is 0 Å². The summed E-state index contributed by atoms with van der Waals surface area (Å²) in [6, 6.07) is 7.80. The van der Waals surface area contributed by atoms with Gasteiger partial charge in [-0.25, -0.2) is 0 Å². The zero-order valence-corrected chi connectivity index (χ0v) is 18.0. The van der Waals surface area contributed by atoms with Gasteiger partial charge in [-0.1, -0.05) is 20.8 Å². The van der Waals surface area contributed by atoms with Crippen molar-refractivity contribution in [3.05, 3.63) is 29.5 Å². The average molecular weight is 399 g/mol. The molecule has 0 aliphatic rings. The van der Waals surface area contributed by atoms with E-state index >= 15 is 0 Å². The van der Waals surface area contributed by atoms with E-state index < -0.39 is 5.41 Å². The largest absolute Gasteiger partial charge is 0.372 e. The minimum Gasteiger partial charge on any atom is -0.372 e. The van der Waals surface area contributed by atoms with Crippen LogP contribution in [0.25, 0.3) is 0 Å². The molecule has 2 aromatic rings. The highest BCUT2D eigenvalue weighted by Crippen LogP contribution is 2.34. The second kappa shape index (κ2) is 8.93. The molecule has 8 heteroatoms. The van der Waals surface area contributed by atoms with E-state index in [9.17, 15) is 10.1 Å². The lowest BCUT2D eigenvalue weighted by Crippen LogP contribution is -2.28. The fourth-order valence-corrected chi connectivity index (χ4v) is 3.14. The lowest BCUT2D eigenvalue weighted by Gasteiger charge is -2.23. The first-order valence-electron chi connectivity index (χ1n) is 9.19. The summed E-state index contributed by atoms with van der Waals surface area (Å²) in [6.07, 6.45) is 0. The molecule has 0 fully saturated rings. The summed E-state index contributed by atoms with van der Waals surface area (Å²) >= 11 is 1.13. The highest BCUT2D eigenvalue weighted by Gasteiger charge is 2.22. The Bertz CT molecular complexity index is 916. The zero-order valence-electron chi connectivity index (χ0n) is 17.2. The van der Waals surface area contributed by atoms with Crippen LogP contribution < -0.4 is 10.2 Å². The molecule has 7 nitrogen and oxygen atoms in total. The number of nitrogens with one attached hydrogen (secondary N) is 1. The van der Waals surface area contributed by atoms with Gasteiger partial charge in [0.1, 0.15) is 17.3 Å². The summed E-state index contributed by atoms with van der Waals surface area (Å²) in [5.74, 6) is -0.105. The maximum Gasteiger partial charge on any atom is 0.229 e. The van der Waals surface area contributed by atoms with Gasteiger partial charge in [-0.15, -0.1) is 10.2 Å². The Balaban J connectivity index is 2.45. The third-order valence-corrected chi connectivity index (χ3v) is 5.07. The van der Waals surface area contributed by atoms with Gasteiger partial charge < -0.3 is 10.2 Å². The van der Waals surface area contributed by atoms with Crippen molar-refractivity contribution in [3.8, 4) is 6.07 Å². The van der Waals surface area contributed by atoms with E-state index in [1.807, 2.05) is 39.0 Å². The minimum absolute atomic E-state index is 0.105. The molecule has 148 valence electrons. The SMILES string of the molecule is CCN(CC)c1ccc(N=Nc2snc(C)c2C#N)c(NC(=O)C(C)(C)C)c1. The summed E-state index contributed by atoms with van der Waals surface area (Å²) in [4.78, 5) is 14.7. The molecule has 0 saturated carbocycles. The number of hydrogen-bond acceptors (Lipinski definition) is 7. The second-order valence-corrected chi connectivity index (χ2v) is 8.09. The predicted molar refractivity (Wildman–Crippen MR) is 114 cm³/mol. The van der Waals surface area contributed by atoms with Crippen molar-refractivity contribution in [1.82, 2.24) is 4.37 Å². The first-order valence-corrected chi connectivity index (χ1v) is 9.97. The van der Waals surface area contributed by atoms with Crippen LogP contribution in [0.3, 0.4) is 0 Å². The van der Waals surface area contributed by atoms with Crippen molar-refractivity contribution >= 4 is 39.5 Å². The topological polar surface area (TPSA) is 93.7 Å². The van der Waals surface area contributed by atoms with Crippen LogP contribution in [0.2, 0.25) is 0 Å². The highest BCUT2D eigenvalue weighted by atomic mass is 32.1. The lowest BCUT2D eigenvalue weighted by molar-refractivity contribution is -0.123. The molecule has 0 aliphatic heterocycles. The molecule has 0 radical (unpaired) electrons. The summed E-state index contributed by atoms with van der Waals surface area (Å²) < 4.78 is 4.15. The Hall–Kier alpha value is -2.79. The molecule has 2 rings (SSSR count). The summed E-state index contributed by atoms with van der Waals surface area (Å²) in [7, 11) is 0. The molecule has 1 N–H and O–H groups in total. The van der Waals surface area contributed by atoms with E-state index in [0.29, 0.717) is 27.6 Å². The lowest BCUT2D eigenvalue weighted by atomic mass is 9.95. The van der Waals surface area contributed by atoms with Gasteiger partial charge >= 0.3 is 0 Å². The van der Waals surface area contributed by atoms with Crippen molar-refractivity contribution in [1.29, 1.82) is 5.26 Å². The van der Waals surface area contributed by atoms with Gasteiger partial charge in [0.15, 0.2) is 5.00 Å². The Morgan fingerprint density at radius 3 is 2.54 bits per heavy atom. The molecular formula is C20H26N6OS. The van der Waals surface area contributed by atoms with E-state index in [2.05, 4.69) is 44.7 Å². The van der Waals surface area contributed by atoms with Crippen molar-refractivity contribution in [2.24, 2.45) is 15.6 Å². The Morgan fingerprint density at radius 1 is 1.29 bits per heavy atom. The number of azo groups is 1. The number of hydrogen-bond donors (Lipinski definition) is 1. The first-order chi connectivity index (χ1) is 13.2. The fraction of sp³-hybridized carbons (Fsp3) is 0.450. The van der Waals surface area contributed by atoms with Crippen LogP contribution in [0.1, 0.15) is 45.9 Å². The number of aromatic nitrogens is 1. The van der Waals surface area contributed by atoms with Crippen LogP contribution in [0.5, 0.6) is 0 Å². The molecule has 0 saturated heterocycles. The van der Waals surface area contributed by atoms with Crippen LogP contribution in [-0.2, 0) is 4.79 Å². The van der Waals surface area contributed by atoms with E-state index in [1.165, 1.54) is 0 Å². The molecule has 1 aromatic carbocycles. The number of nitriles is 1. The molecule has 0 spiro atoms. The Kier molecular flexibility index (Phi) is 6.86. The maximum absolute atomic E-state index is 12.5. The molecule has 1 heterocycles. The summed E-state index contributed by atoms with van der Waals surface area (Å²) in [6.45, 7) is 13.2. The standard InChI is InChI=1S/C20H26N6OS/c1-7-26(8-2)14-9-10-16(17(11-14)22-19(27)20(4,5)6)23-24-18-15(12-21)13(3)25-28-18/h9-11H,7-8H2,1-6H3,(H,22,27). The van der Waals surface area contributed by atoms with Gasteiger partial charge in [0.05, 0.1) is 11.4 Å². The molecule has 0 unspecified atom stereocenters. The van der Waals surface area contributed by atoms with Gasteiger partial charge in [0.2, 0.25) is 5.91 Å². The number of carbonyl (C=O) groups is 1. The van der Waals surface area contributed by atoms with E-state index in [1.54, 1.807) is 6.92 Å². The number of anilines is 2. The molecule has 28 heavy (non-hydrogen) atoms. The van der Waals surface area contributed by atoms with Crippen LogP contribution in [-0.4, -0.2) is 23.4 Å². The number of amides is 1.